The van der Waals surface area contributed by atoms with Gasteiger partial charge in [0.15, 0.2) is 0 Å². The first-order chi connectivity index (χ1) is 8.91. The standard InChI is InChI=1S/C12H20N4O2S/c1-9-3-5-10(6-4-9)16(2)19(17,18)11-7-14-12(13)15-8-11/h7-10H,3-6H2,1-2H3,(H2,13,14,15). The van der Waals surface area contributed by atoms with Crippen molar-refractivity contribution in [2.24, 2.45) is 5.92 Å². The van der Waals surface area contributed by atoms with Crippen LogP contribution in [0.1, 0.15) is 32.6 Å². The second-order valence-electron chi connectivity index (χ2n) is 5.21. The highest BCUT2D eigenvalue weighted by atomic mass is 32.2. The Morgan fingerprint density at radius 2 is 1.74 bits per heavy atom. The van der Waals surface area contributed by atoms with Crippen molar-refractivity contribution in [3.05, 3.63) is 12.4 Å². The maximum Gasteiger partial charge on any atom is 0.246 e. The highest BCUT2D eigenvalue weighted by Gasteiger charge is 2.30. The number of sulfonamides is 1. The SMILES string of the molecule is CC1CCC(N(C)S(=O)(=O)c2cnc(N)nc2)CC1. The molecule has 2 N–H and O–H groups in total. The lowest BCUT2D eigenvalue weighted by Gasteiger charge is -2.32. The third kappa shape index (κ3) is 3.03. The number of anilines is 1. The van der Waals surface area contributed by atoms with Gasteiger partial charge in [0.25, 0.3) is 0 Å². The first-order valence-corrected chi connectivity index (χ1v) is 7.91. The second-order valence-corrected chi connectivity index (χ2v) is 7.21. The number of rotatable bonds is 3. The highest BCUT2D eigenvalue weighted by molar-refractivity contribution is 7.89. The molecule has 2 rings (SSSR count). The van der Waals surface area contributed by atoms with E-state index in [4.69, 9.17) is 5.73 Å². The summed E-state index contributed by atoms with van der Waals surface area (Å²) in [6.07, 6.45) is 6.49. The number of nitrogens with zero attached hydrogens (tertiary/aromatic N) is 3. The molecule has 1 fully saturated rings. The molecule has 1 aliphatic carbocycles. The number of aromatic nitrogens is 2. The number of nitrogen functional groups attached to an aromatic ring is 1. The number of hydrogen-bond donors (Lipinski definition) is 1. The molecule has 0 saturated heterocycles. The molecule has 1 heterocycles. The van der Waals surface area contributed by atoms with Crippen molar-refractivity contribution in [1.29, 1.82) is 0 Å². The fourth-order valence-electron chi connectivity index (χ4n) is 2.43. The molecule has 0 atom stereocenters. The Balaban J connectivity index is 2.17. The van der Waals surface area contributed by atoms with Crippen LogP contribution in [0, 0.1) is 5.92 Å². The van der Waals surface area contributed by atoms with Gasteiger partial charge in [-0.05, 0) is 31.6 Å². The van der Waals surface area contributed by atoms with Crippen LogP contribution < -0.4 is 5.73 Å². The van der Waals surface area contributed by atoms with Crippen molar-refractivity contribution < 1.29 is 8.42 Å². The van der Waals surface area contributed by atoms with E-state index >= 15 is 0 Å². The molecule has 0 amide bonds. The molecule has 0 bridgehead atoms. The van der Waals surface area contributed by atoms with Gasteiger partial charge in [-0.25, -0.2) is 18.4 Å². The summed E-state index contributed by atoms with van der Waals surface area (Å²) in [6.45, 7) is 2.21. The molecule has 106 valence electrons. The Morgan fingerprint density at radius 3 is 2.26 bits per heavy atom. The second kappa shape index (κ2) is 5.42. The minimum absolute atomic E-state index is 0.0683. The molecule has 0 aliphatic heterocycles. The molecule has 0 spiro atoms. The van der Waals surface area contributed by atoms with E-state index in [9.17, 15) is 8.42 Å². The van der Waals surface area contributed by atoms with Gasteiger partial charge >= 0.3 is 0 Å². The summed E-state index contributed by atoms with van der Waals surface area (Å²) in [5, 5.41) is 0. The van der Waals surface area contributed by atoms with Gasteiger partial charge in [-0.15, -0.1) is 0 Å². The summed E-state index contributed by atoms with van der Waals surface area (Å²) >= 11 is 0. The van der Waals surface area contributed by atoms with Crippen molar-refractivity contribution in [2.75, 3.05) is 12.8 Å². The lowest BCUT2D eigenvalue weighted by molar-refractivity contribution is 0.246. The molecule has 6 nitrogen and oxygen atoms in total. The molecule has 0 radical (unpaired) electrons. The average molecular weight is 284 g/mol. The molecular formula is C12H20N4O2S. The third-order valence-corrected chi connectivity index (χ3v) is 5.69. The van der Waals surface area contributed by atoms with Crippen LogP contribution in [0.25, 0.3) is 0 Å². The van der Waals surface area contributed by atoms with E-state index in [2.05, 4.69) is 16.9 Å². The normalized spacial score (nSPS) is 24.6. The average Bonchev–Trinajstić information content (AvgIpc) is 2.39. The fourth-order valence-corrected chi connectivity index (χ4v) is 3.74. The molecule has 0 aromatic carbocycles. The van der Waals surface area contributed by atoms with Gasteiger partial charge in [0, 0.05) is 13.1 Å². The van der Waals surface area contributed by atoms with Crippen LogP contribution in [0.5, 0.6) is 0 Å². The van der Waals surface area contributed by atoms with E-state index < -0.39 is 10.0 Å². The zero-order chi connectivity index (χ0) is 14.0. The van der Waals surface area contributed by atoms with Crippen LogP contribution in [0.15, 0.2) is 17.3 Å². The van der Waals surface area contributed by atoms with Crippen molar-refractivity contribution in [1.82, 2.24) is 14.3 Å². The minimum Gasteiger partial charge on any atom is -0.368 e. The van der Waals surface area contributed by atoms with Crippen LogP contribution in [0.4, 0.5) is 5.95 Å². The maximum atomic E-state index is 12.4. The Morgan fingerprint density at radius 1 is 1.21 bits per heavy atom. The fraction of sp³-hybridized carbons (Fsp3) is 0.667. The molecule has 1 aromatic heterocycles. The molecule has 1 aromatic rings. The molecule has 1 saturated carbocycles. The van der Waals surface area contributed by atoms with Gasteiger partial charge in [-0.1, -0.05) is 6.92 Å². The monoisotopic (exact) mass is 284 g/mol. The number of nitrogens with two attached hydrogens (primary N) is 1. The zero-order valence-electron chi connectivity index (χ0n) is 11.3. The Labute approximate surface area is 114 Å². The summed E-state index contributed by atoms with van der Waals surface area (Å²) in [5.41, 5.74) is 5.37. The molecule has 7 heteroatoms. The van der Waals surface area contributed by atoms with Crippen molar-refractivity contribution in [3.8, 4) is 0 Å². The molecule has 0 unspecified atom stereocenters. The van der Waals surface area contributed by atoms with Gasteiger partial charge in [0.2, 0.25) is 16.0 Å². The van der Waals surface area contributed by atoms with E-state index in [0.29, 0.717) is 5.92 Å². The summed E-state index contributed by atoms with van der Waals surface area (Å²) in [7, 11) is -1.89. The predicted octanol–water partition coefficient (Wildman–Crippen LogP) is 1.26. The zero-order valence-corrected chi connectivity index (χ0v) is 12.1. The summed E-state index contributed by atoms with van der Waals surface area (Å²) < 4.78 is 26.3. The van der Waals surface area contributed by atoms with Crippen LogP contribution in [-0.4, -0.2) is 35.8 Å². The largest absolute Gasteiger partial charge is 0.368 e. The van der Waals surface area contributed by atoms with Crippen molar-refractivity contribution >= 4 is 16.0 Å². The summed E-state index contributed by atoms with van der Waals surface area (Å²) in [5.74, 6) is 0.764. The van der Waals surface area contributed by atoms with E-state index in [0.717, 1.165) is 25.7 Å². The third-order valence-electron chi connectivity index (χ3n) is 3.82. The summed E-state index contributed by atoms with van der Waals surface area (Å²) in [6, 6.07) is 0.0683. The Kier molecular flexibility index (Phi) is 4.05. The van der Waals surface area contributed by atoms with E-state index in [1.165, 1.54) is 16.7 Å². The predicted molar refractivity (Wildman–Crippen MR) is 72.8 cm³/mol. The van der Waals surface area contributed by atoms with Crippen LogP contribution in [0.3, 0.4) is 0 Å². The maximum absolute atomic E-state index is 12.4. The van der Waals surface area contributed by atoms with E-state index in [-0.39, 0.29) is 16.9 Å². The van der Waals surface area contributed by atoms with E-state index in [1.807, 2.05) is 0 Å². The quantitative estimate of drug-likeness (QED) is 0.902. The topological polar surface area (TPSA) is 89.2 Å². The Hall–Kier alpha value is -1.21. The lowest BCUT2D eigenvalue weighted by Crippen LogP contribution is -2.39. The van der Waals surface area contributed by atoms with Gasteiger partial charge in [0.1, 0.15) is 4.90 Å². The molecule has 1 aliphatic rings. The Bertz CT molecular complexity index is 521. The highest BCUT2D eigenvalue weighted by Crippen LogP contribution is 2.29. The van der Waals surface area contributed by atoms with Crippen LogP contribution in [-0.2, 0) is 10.0 Å². The molecule has 19 heavy (non-hydrogen) atoms. The van der Waals surface area contributed by atoms with Gasteiger partial charge in [-0.2, -0.15) is 4.31 Å². The lowest BCUT2D eigenvalue weighted by atomic mass is 9.87. The first-order valence-electron chi connectivity index (χ1n) is 6.47. The van der Waals surface area contributed by atoms with Gasteiger partial charge in [0.05, 0.1) is 12.4 Å². The van der Waals surface area contributed by atoms with Gasteiger partial charge < -0.3 is 5.73 Å². The van der Waals surface area contributed by atoms with Crippen molar-refractivity contribution in [3.63, 3.8) is 0 Å². The van der Waals surface area contributed by atoms with E-state index in [1.54, 1.807) is 7.05 Å². The minimum atomic E-state index is -3.52. The molecular weight excluding hydrogens is 264 g/mol. The smallest absolute Gasteiger partial charge is 0.246 e. The number of hydrogen-bond acceptors (Lipinski definition) is 5. The van der Waals surface area contributed by atoms with Gasteiger partial charge in [-0.3, -0.25) is 0 Å². The van der Waals surface area contributed by atoms with Crippen LogP contribution in [0.2, 0.25) is 0 Å². The van der Waals surface area contributed by atoms with Crippen molar-refractivity contribution in [2.45, 2.75) is 43.5 Å². The summed E-state index contributed by atoms with van der Waals surface area (Å²) in [4.78, 5) is 7.59. The first kappa shape index (κ1) is 14.2. The van der Waals surface area contributed by atoms with Crippen LogP contribution >= 0.6 is 0 Å².